The molecule has 2 nitrogen and oxygen atoms in total. The van der Waals surface area contributed by atoms with Gasteiger partial charge in [0.1, 0.15) is 0 Å². The van der Waals surface area contributed by atoms with Crippen LogP contribution in [0.5, 0.6) is 0 Å². The molecule has 110 valence electrons. The first-order valence-corrected chi connectivity index (χ1v) is 7.62. The second-order valence-corrected chi connectivity index (χ2v) is 5.68. The van der Waals surface area contributed by atoms with E-state index in [1.165, 1.54) is 0 Å². The van der Waals surface area contributed by atoms with Gasteiger partial charge in [-0.25, -0.2) is 0 Å². The molecule has 2 heteroatoms. The van der Waals surface area contributed by atoms with Gasteiger partial charge < -0.3 is 0 Å². The van der Waals surface area contributed by atoms with Gasteiger partial charge in [0.2, 0.25) is 0 Å². The van der Waals surface area contributed by atoms with E-state index < -0.39 is 0 Å². The fraction of sp³-hybridized carbons (Fsp3) is 0.0476. The molecule has 0 aliphatic heterocycles. The van der Waals surface area contributed by atoms with E-state index in [2.05, 4.69) is 35.3 Å². The van der Waals surface area contributed by atoms with E-state index in [4.69, 9.17) is 0 Å². The summed E-state index contributed by atoms with van der Waals surface area (Å²) >= 11 is 0. The molecule has 0 amide bonds. The van der Waals surface area contributed by atoms with E-state index in [1.807, 2.05) is 42.6 Å². The summed E-state index contributed by atoms with van der Waals surface area (Å²) in [5.41, 5.74) is 3.87. The Balaban J connectivity index is 2.09. The van der Waals surface area contributed by atoms with Crippen molar-refractivity contribution in [3.05, 3.63) is 78.5 Å². The Labute approximate surface area is 134 Å². The molecule has 1 aromatic heterocycles. The Morgan fingerprint density at radius 2 is 1.65 bits per heavy atom. The molecule has 0 unspecified atom stereocenters. The van der Waals surface area contributed by atoms with Crippen LogP contribution >= 0.6 is 0 Å². The van der Waals surface area contributed by atoms with Crippen LogP contribution in [0.1, 0.15) is 17.3 Å². The Bertz CT molecular complexity index is 1050. The zero-order valence-corrected chi connectivity index (χ0v) is 12.8. The SMILES string of the molecule is CC(=O)c1cccc(-c2cccc3ccc4cccnc4c23)c1. The topological polar surface area (TPSA) is 30.0 Å². The van der Waals surface area contributed by atoms with Crippen LogP contribution in [0.25, 0.3) is 32.8 Å². The maximum Gasteiger partial charge on any atom is 0.159 e. The predicted octanol–water partition coefficient (Wildman–Crippen LogP) is 5.26. The summed E-state index contributed by atoms with van der Waals surface area (Å²) in [6.45, 7) is 1.60. The molecule has 0 bridgehead atoms. The maximum absolute atomic E-state index is 11.7. The number of rotatable bonds is 2. The summed E-state index contributed by atoms with van der Waals surface area (Å²) < 4.78 is 0. The van der Waals surface area contributed by atoms with E-state index in [0.29, 0.717) is 0 Å². The fourth-order valence-corrected chi connectivity index (χ4v) is 3.06. The lowest BCUT2D eigenvalue weighted by molar-refractivity contribution is 0.101. The predicted molar refractivity (Wildman–Crippen MR) is 94.7 cm³/mol. The zero-order chi connectivity index (χ0) is 15.8. The van der Waals surface area contributed by atoms with Crippen LogP contribution in [0.2, 0.25) is 0 Å². The molecule has 0 atom stereocenters. The first-order chi connectivity index (χ1) is 11.2. The molecule has 4 rings (SSSR count). The number of nitrogens with zero attached hydrogens (tertiary/aromatic N) is 1. The summed E-state index contributed by atoms with van der Waals surface area (Å²) in [4.78, 5) is 16.3. The average molecular weight is 297 g/mol. The van der Waals surface area contributed by atoms with Gasteiger partial charge in [-0.1, -0.05) is 54.6 Å². The van der Waals surface area contributed by atoms with Gasteiger partial charge in [0, 0.05) is 22.5 Å². The van der Waals surface area contributed by atoms with E-state index in [0.717, 1.165) is 38.4 Å². The highest BCUT2D eigenvalue weighted by atomic mass is 16.1. The number of fused-ring (bicyclic) bond motifs is 3. The summed E-state index contributed by atoms with van der Waals surface area (Å²) in [6.07, 6.45) is 1.82. The molecular formula is C21H15NO. The highest BCUT2D eigenvalue weighted by Crippen LogP contribution is 2.33. The Hall–Kier alpha value is -3.00. The molecule has 0 aliphatic carbocycles. The van der Waals surface area contributed by atoms with Crippen molar-refractivity contribution in [2.24, 2.45) is 0 Å². The van der Waals surface area contributed by atoms with Gasteiger partial charge in [0.05, 0.1) is 5.52 Å². The first-order valence-electron chi connectivity index (χ1n) is 7.62. The number of hydrogen-bond donors (Lipinski definition) is 0. The molecule has 0 fully saturated rings. The van der Waals surface area contributed by atoms with Crippen molar-refractivity contribution < 1.29 is 4.79 Å². The summed E-state index contributed by atoms with van der Waals surface area (Å²) in [5.74, 6) is 0.0788. The van der Waals surface area contributed by atoms with Gasteiger partial charge in [-0.2, -0.15) is 0 Å². The number of carbonyl (C=O) groups excluding carboxylic acids is 1. The number of aromatic nitrogens is 1. The molecule has 3 aromatic carbocycles. The quantitative estimate of drug-likeness (QED) is 0.373. The zero-order valence-electron chi connectivity index (χ0n) is 12.8. The molecule has 4 aromatic rings. The molecule has 0 radical (unpaired) electrons. The number of ketones is 1. The summed E-state index contributed by atoms with van der Waals surface area (Å²) in [6, 6.07) is 22.3. The average Bonchev–Trinajstić information content (AvgIpc) is 2.61. The van der Waals surface area contributed by atoms with Gasteiger partial charge in [0.25, 0.3) is 0 Å². The van der Waals surface area contributed by atoms with Crippen LogP contribution in [-0.4, -0.2) is 10.8 Å². The molecule has 1 heterocycles. The van der Waals surface area contributed by atoms with Crippen molar-refractivity contribution in [2.75, 3.05) is 0 Å². The fourth-order valence-electron chi connectivity index (χ4n) is 3.06. The Morgan fingerprint density at radius 3 is 2.52 bits per heavy atom. The van der Waals surface area contributed by atoms with Gasteiger partial charge in [-0.05, 0) is 35.6 Å². The van der Waals surface area contributed by atoms with Crippen molar-refractivity contribution in [1.82, 2.24) is 4.98 Å². The Morgan fingerprint density at radius 1 is 0.870 bits per heavy atom. The van der Waals surface area contributed by atoms with Gasteiger partial charge >= 0.3 is 0 Å². The van der Waals surface area contributed by atoms with E-state index >= 15 is 0 Å². The summed E-state index contributed by atoms with van der Waals surface area (Å²) in [5, 5.41) is 3.41. The molecule has 0 saturated heterocycles. The van der Waals surface area contributed by atoms with Gasteiger partial charge in [0.15, 0.2) is 5.78 Å². The van der Waals surface area contributed by atoms with Crippen molar-refractivity contribution >= 4 is 27.5 Å². The maximum atomic E-state index is 11.7. The summed E-state index contributed by atoms with van der Waals surface area (Å²) in [7, 11) is 0. The third kappa shape index (κ3) is 2.29. The molecule has 0 saturated carbocycles. The second kappa shape index (κ2) is 5.33. The second-order valence-electron chi connectivity index (χ2n) is 5.68. The smallest absolute Gasteiger partial charge is 0.159 e. The van der Waals surface area contributed by atoms with Crippen LogP contribution in [-0.2, 0) is 0 Å². The van der Waals surface area contributed by atoms with E-state index in [1.54, 1.807) is 6.92 Å². The standard InChI is InChI=1S/C21H15NO/c1-14(23)17-6-2-7-18(13-17)19-9-3-5-15-10-11-16-8-4-12-22-21(16)20(15)19/h2-13H,1H3. The minimum Gasteiger partial charge on any atom is -0.295 e. The minimum atomic E-state index is 0.0788. The highest BCUT2D eigenvalue weighted by Gasteiger charge is 2.09. The number of Topliss-reactive ketones (excluding diaryl/α,β-unsaturated/α-hetero) is 1. The monoisotopic (exact) mass is 297 g/mol. The van der Waals surface area contributed by atoms with Crippen molar-refractivity contribution in [2.45, 2.75) is 6.92 Å². The minimum absolute atomic E-state index is 0.0788. The first kappa shape index (κ1) is 13.6. The number of carbonyl (C=O) groups is 1. The van der Waals surface area contributed by atoms with Crippen LogP contribution in [0.3, 0.4) is 0 Å². The lowest BCUT2D eigenvalue weighted by Crippen LogP contribution is -1.92. The van der Waals surface area contributed by atoms with E-state index in [-0.39, 0.29) is 5.78 Å². The number of hydrogen-bond acceptors (Lipinski definition) is 2. The molecule has 0 spiro atoms. The number of pyridine rings is 1. The lowest BCUT2D eigenvalue weighted by Gasteiger charge is -2.10. The van der Waals surface area contributed by atoms with Gasteiger partial charge in [-0.3, -0.25) is 9.78 Å². The van der Waals surface area contributed by atoms with Crippen molar-refractivity contribution in [3.8, 4) is 11.1 Å². The van der Waals surface area contributed by atoms with Crippen molar-refractivity contribution in [1.29, 1.82) is 0 Å². The molecule has 23 heavy (non-hydrogen) atoms. The van der Waals surface area contributed by atoms with Crippen LogP contribution < -0.4 is 0 Å². The number of benzene rings is 3. The molecule has 0 aliphatic rings. The van der Waals surface area contributed by atoms with E-state index in [9.17, 15) is 4.79 Å². The third-order valence-electron chi connectivity index (χ3n) is 4.19. The van der Waals surface area contributed by atoms with Crippen LogP contribution in [0.4, 0.5) is 0 Å². The molecule has 0 N–H and O–H groups in total. The molecular weight excluding hydrogens is 282 g/mol. The van der Waals surface area contributed by atoms with Gasteiger partial charge in [-0.15, -0.1) is 0 Å². The third-order valence-corrected chi connectivity index (χ3v) is 4.19. The highest BCUT2D eigenvalue weighted by molar-refractivity contribution is 6.12. The Kier molecular flexibility index (Phi) is 3.16. The van der Waals surface area contributed by atoms with Crippen LogP contribution in [0, 0.1) is 0 Å². The normalized spacial score (nSPS) is 11.0. The van der Waals surface area contributed by atoms with Crippen LogP contribution in [0.15, 0.2) is 72.9 Å². The van der Waals surface area contributed by atoms with Crippen molar-refractivity contribution in [3.63, 3.8) is 0 Å². The largest absolute Gasteiger partial charge is 0.295 e. The lowest BCUT2D eigenvalue weighted by atomic mass is 9.94.